The number of nitrogens with one attached hydrogen (secondary N) is 1. The van der Waals surface area contributed by atoms with Crippen molar-refractivity contribution < 1.29 is 0 Å². The van der Waals surface area contributed by atoms with E-state index >= 15 is 0 Å². The SMILES string of the molecule is CNC1CCC(C(C)(C)C)CC1CCc1cnn(C)c1. The molecule has 1 aliphatic rings. The van der Waals surface area contributed by atoms with Crippen molar-refractivity contribution in [3.05, 3.63) is 18.0 Å². The molecule has 0 spiro atoms. The summed E-state index contributed by atoms with van der Waals surface area (Å²) in [6, 6.07) is 0.699. The summed E-state index contributed by atoms with van der Waals surface area (Å²) in [6.45, 7) is 7.20. The molecule has 20 heavy (non-hydrogen) atoms. The lowest BCUT2D eigenvalue weighted by molar-refractivity contribution is 0.112. The van der Waals surface area contributed by atoms with Gasteiger partial charge in [0, 0.05) is 19.3 Å². The first-order valence-corrected chi connectivity index (χ1v) is 8.05. The fourth-order valence-electron chi connectivity index (χ4n) is 3.70. The molecule has 0 amide bonds. The third kappa shape index (κ3) is 3.85. The van der Waals surface area contributed by atoms with Crippen LogP contribution in [0.15, 0.2) is 12.4 Å². The zero-order valence-corrected chi connectivity index (χ0v) is 13.8. The molecule has 2 rings (SSSR count). The maximum atomic E-state index is 4.27. The largest absolute Gasteiger partial charge is 0.317 e. The van der Waals surface area contributed by atoms with Crippen molar-refractivity contribution in [2.45, 2.75) is 58.9 Å². The number of hydrogen-bond acceptors (Lipinski definition) is 2. The monoisotopic (exact) mass is 277 g/mol. The van der Waals surface area contributed by atoms with E-state index in [2.05, 4.69) is 44.4 Å². The van der Waals surface area contributed by atoms with Crippen LogP contribution in [0.5, 0.6) is 0 Å². The fourth-order valence-corrected chi connectivity index (χ4v) is 3.70. The maximum absolute atomic E-state index is 4.27. The lowest BCUT2D eigenvalue weighted by Gasteiger charge is -2.42. The zero-order valence-electron chi connectivity index (χ0n) is 13.8. The third-order valence-corrected chi connectivity index (χ3v) is 5.14. The number of aryl methyl sites for hydroxylation is 2. The molecule has 0 radical (unpaired) electrons. The topological polar surface area (TPSA) is 29.9 Å². The fraction of sp³-hybridized carbons (Fsp3) is 0.824. The Balaban J connectivity index is 1.95. The van der Waals surface area contributed by atoms with Gasteiger partial charge in [-0.05, 0) is 62.0 Å². The van der Waals surface area contributed by atoms with Gasteiger partial charge in [-0.1, -0.05) is 20.8 Å². The lowest BCUT2D eigenvalue weighted by atomic mass is 9.66. The summed E-state index contributed by atoms with van der Waals surface area (Å²) in [5, 5.41) is 7.82. The first-order valence-electron chi connectivity index (χ1n) is 8.05. The Morgan fingerprint density at radius 2 is 2.10 bits per heavy atom. The van der Waals surface area contributed by atoms with Crippen LogP contribution in [-0.4, -0.2) is 22.9 Å². The summed E-state index contributed by atoms with van der Waals surface area (Å²) in [7, 11) is 4.12. The molecule has 3 atom stereocenters. The summed E-state index contributed by atoms with van der Waals surface area (Å²) in [6.07, 6.45) is 10.7. The van der Waals surface area contributed by atoms with Crippen molar-refractivity contribution in [3.63, 3.8) is 0 Å². The standard InChI is InChI=1S/C17H31N3/c1-17(2,3)15-8-9-16(18-4)14(10-15)7-6-13-11-19-20(5)12-13/h11-12,14-16,18H,6-10H2,1-5H3. The summed E-state index contributed by atoms with van der Waals surface area (Å²) in [5.74, 6) is 1.67. The second-order valence-corrected chi connectivity index (χ2v) is 7.59. The number of nitrogens with zero attached hydrogens (tertiary/aromatic N) is 2. The van der Waals surface area contributed by atoms with E-state index in [-0.39, 0.29) is 0 Å². The molecular formula is C17H31N3. The minimum absolute atomic E-state index is 0.450. The highest BCUT2D eigenvalue weighted by Gasteiger charge is 2.34. The van der Waals surface area contributed by atoms with E-state index in [1.165, 1.54) is 31.2 Å². The van der Waals surface area contributed by atoms with Gasteiger partial charge in [0.15, 0.2) is 0 Å². The van der Waals surface area contributed by atoms with Crippen molar-refractivity contribution in [3.8, 4) is 0 Å². The van der Waals surface area contributed by atoms with Crippen LogP contribution in [0.1, 0.15) is 52.0 Å². The number of rotatable bonds is 4. The quantitative estimate of drug-likeness (QED) is 0.914. The van der Waals surface area contributed by atoms with Crippen LogP contribution in [0.4, 0.5) is 0 Å². The highest BCUT2D eigenvalue weighted by atomic mass is 15.2. The normalized spacial score (nSPS) is 27.8. The first kappa shape index (κ1) is 15.6. The van der Waals surface area contributed by atoms with E-state index in [4.69, 9.17) is 0 Å². The second kappa shape index (κ2) is 6.30. The van der Waals surface area contributed by atoms with Gasteiger partial charge in [-0.2, -0.15) is 5.10 Å². The van der Waals surface area contributed by atoms with Crippen LogP contribution in [0.25, 0.3) is 0 Å². The van der Waals surface area contributed by atoms with Crippen LogP contribution in [0.2, 0.25) is 0 Å². The Hall–Kier alpha value is -0.830. The van der Waals surface area contributed by atoms with Crippen LogP contribution in [-0.2, 0) is 13.5 Å². The molecule has 1 saturated carbocycles. The van der Waals surface area contributed by atoms with Gasteiger partial charge in [-0.15, -0.1) is 0 Å². The van der Waals surface area contributed by atoms with Gasteiger partial charge < -0.3 is 5.32 Å². The van der Waals surface area contributed by atoms with Crippen LogP contribution >= 0.6 is 0 Å². The first-order chi connectivity index (χ1) is 9.40. The molecule has 1 aromatic rings. The van der Waals surface area contributed by atoms with Crippen LogP contribution in [0.3, 0.4) is 0 Å². The maximum Gasteiger partial charge on any atom is 0.0521 e. The summed E-state index contributed by atoms with van der Waals surface area (Å²) < 4.78 is 1.91. The minimum Gasteiger partial charge on any atom is -0.317 e. The molecular weight excluding hydrogens is 246 g/mol. The van der Waals surface area contributed by atoms with Crippen molar-refractivity contribution in [1.82, 2.24) is 15.1 Å². The van der Waals surface area contributed by atoms with E-state index in [1.54, 1.807) is 0 Å². The van der Waals surface area contributed by atoms with Crippen LogP contribution in [0, 0.1) is 17.3 Å². The van der Waals surface area contributed by atoms with Gasteiger partial charge >= 0.3 is 0 Å². The van der Waals surface area contributed by atoms with Crippen molar-refractivity contribution in [2.75, 3.05) is 7.05 Å². The molecule has 0 bridgehead atoms. The number of aromatic nitrogens is 2. The molecule has 0 aliphatic heterocycles. The molecule has 3 heteroatoms. The average molecular weight is 277 g/mol. The average Bonchev–Trinajstić information content (AvgIpc) is 2.80. The van der Waals surface area contributed by atoms with Gasteiger partial charge in [0.2, 0.25) is 0 Å². The molecule has 114 valence electrons. The molecule has 1 aliphatic carbocycles. The van der Waals surface area contributed by atoms with Crippen LogP contribution < -0.4 is 5.32 Å². The number of hydrogen-bond donors (Lipinski definition) is 1. The predicted octanol–water partition coefficient (Wildman–Crippen LogP) is 3.40. The van der Waals surface area contributed by atoms with Gasteiger partial charge in [-0.25, -0.2) is 0 Å². The third-order valence-electron chi connectivity index (χ3n) is 5.14. The van der Waals surface area contributed by atoms with Crippen molar-refractivity contribution in [2.24, 2.45) is 24.3 Å². The van der Waals surface area contributed by atoms with E-state index in [9.17, 15) is 0 Å². The van der Waals surface area contributed by atoms with E-state index in [0.29, 0.717) is 11.5 Å². The Morgan fingerprint density at radius 3 is 2.65 bits per heavy atom. The molecule has 1 heterocycles. The highest BCUT2D eigenvalue weighted by molar-refractivity contribution is 5.04. The van der Waals surface area contributed by atoms with E-state index in [1.807, 2.05) is 17.9 Å². The summed E-state index contributed by atoms with van der Waals surface area (Å²) >= 11 is 0. The Bertz CT molecular complexity index is 416. The molecule has 0 saturated heterocycles. The predicted molar refractivity (Wildman–Crippen MR) is 84.7 cm³/mol. The molecule has 1 fully saturated rings. The summed E-state index contributed by atoms with van der Waals surface area (Å²) in [5.41, 5.74) is 1.82. The van der Waals surface area contributed by atoms with Gasteiger partial charge in [0.05, 0.1) is 6.20 Å². The van der Waals surface area contributed by atoms with Gasteiger partial charge in [-0.3, -0.25) is 4.68 Å². The lowest BCUT2D eigenvalue weighted by Crippen LogP contribution is -2.41. The van der Waals surface area contributed by atoms with E-state index in [0.717, 1.165) is 18.3 Å². The Labute approximate surface area is 124 Å². The Morgan fingerprint density at radius 1 is 1.35 bits per heavy atom. The molecule has 1 N–H and O–H groups in total. The molecule has 3 unspecified atom stereocenters. The Kier molecular flexibility index (Phi) is 4.90. The molecule has 0 aromatic carbocycles. The molecule has 3 nitrogen and oxygen atoms in total. The second-order valence-electron chi connectivity index (χ2n) is 7.59. The zero-order chi connectivity index (χ0) is 14.8. The molecule has 1 aromatic heterocycles. The van der Waals surface area contributed by atoms with Gasteiger partial charge in [0.25, 0.3) is 0 Å². The summed E-state index contributed by atoms with van der Waals surface area (Å²) in [4.78, 5) is 0. The minimum atomic E-state index is 0.450. The van der Waals surface area contributed by atoms with Crippen molar-refractivity contribution in [1.29, 1.82) is 0 Å². The van der Waals surface area contributed by atoms with Gasteiger partial charge in [0.1, 0.15) is 0 Å². The highest BCUT2D eigenvalue weighted by Crippen LogP contribution is 2.41. The smallest absolute Gasteiger partial charge is 0.0521 e. The van der Waals surface area contributed by atoms with E-state index < -0.39 is 0 Å². The van der Waals surface area contributed by atoms with Crippen molar-refractivity contribution >= 4 is 0 Å².